The zero-order valence-corrected chi connectivity index (χ0v) is 21.1. The fraction of sp³-hybridized carbons (Fsp3) is 0.115. The Morgan fingerprint density at radius 1 is 1.09 bits per heavy atom. The molecule has 1 heterocycles. The Morgan fingerprint density at radius 2 is 1.82 bits per heavy atom. The van der Waals surface area contributed by atoms with Crippen LogP contribution in [0.2, 0.25) is 0 Å². The first-order chi connectivity index (χ1) is 16.5. The lowest BCUT2D eigenvalue weighted by atomic mass is 10.1. The Bertz CT molecular complexity index is 1320. The van der Waals surface area contributed by atoms with Gasteiger partial charge in [0.1, 0.15) is 6.61 Å². The Morgan fingerprint density at radius 3 is 2.56 bits per heavy atom. The van der Waals surface area contributed by atoms with E-state index in [4.69, 9.17) is 9.47 Å². The van der Waals surface area contributed by atoms with E-state index < -0.39 is 0 Å². The van der Waals surface area contributed by atoms with Gasteiger partial charge < -0.3 is 9.47 Å². The van der Waals surface area contributed by atoms with Crippen LogP contribution in [0.15, 0.2) is 71.6 Å². The average Bonchev–Trinajstić information content (AvgIpc) is 3.11. The van der Waals surface area contributed by atoms with Crippen LogP contribution in [0.4, 0.5) is 4.79 Å². The molecule has 0 saturated carbocycles. The summed E-state index contributed by atoms with van der Waals surface area (Å²) in [5, 5.41) is 9.00. The lowest BCUT2D eigenvalue weighted by Crippen LogP contribution is -2.27. The summed E-state index contributed by atoms with van der Waals surface area (Å²) in [7, 11) is 1.54. The average molecular weight is 582 g/mol. The van der Waals surface area contributed by atoms with E-state index >= 15 is 0 Å². The van der Waals surface area contributed by atoms with Crippen LogP contribution in [-0.4, -0.2) is 23.2 Å². The molecule has 0 aromatic heterocycles. The van der Waals surface area contributed by atoms with E-state index in [1.807, 2.05) is 54.6 Å². The second-order valence-electron chi connectivity index (χ2n) is 7.35. The molecule has 1 fully saturated rings. The predicted octanol–water partition coefficient (Wildman–Crippen LogP) is 5.99. The zero-order chi connectivity index (χ0) is 24.1. The van der Waals surface area contributed by atoms with Crippen LogP contribution in [0, 0.1) is 14.9 Å². The number of nitrogens with zero attached hydrogens (tertiary/aromatic N) is 2. The molecule has 6 nitrogen and oxygen atoms in total. The fourth-order valence-electron chi connectivity index (χ4n) is 3.42. The number of ether oxygens (including phenoxy) is 2. The highest BCUT2D eigenvalue weighted by molar-refractivity contribution is 14.1. The lowest BCUT2D eigenvalue weighted by molar-refractivity contribution is -0.123. The van der Waals surface area contributed by atoms with Crippen molar-refractivity contribution in [2.75, 3.05) is 7.11 Å². The van der Waals surface area contributed by atoms with Crippen molar-refractivity contribution in [2.24, 2.45) is 0 Å². The molecular formula is C26H19IN2O4S. The lowest BCUT2D eigenvalue weighted by Gasteiger charge is -2.14. The molecule has 3 aromatic carbocycles. The Labute approximate surface area is 215 Å². The minimum atomic E-state index is -0.318. The molecule has 0 N–H and O–H groups in total. The molecule has 2 amide bonds. The minimum Gasteiger partial charge on any atom is -0.493 e. The number of imide groups is 1. The molecule has 0 radical (unpaired) electrons. The molecule has 170 valence electrons. The van der Waals surface area contributed by atoms with Gasteiger partial charge in [0.2, 0.25) is 0 Å². The summed E-state index contributed by atoms with van der Waals surface area (Å²) in [6, 6.07) is 22.5. The molecule has 0 spiro atoms. The molecule has 3 aromatic rings. The van der Waals surface area contributed by atoms with Gasteiger partial charge in [-0.2, -0.15) is 5.26 Å². The van der Waals surface area contributed by atoms with E-state index in [0.717, 1.165) is 32.0 Å². The van der Waals surface area contributed by atoms with E-state index in [9.17, 15) is 14.9 Å². The summed E-state index contributed by atoms with van der Waals surface area (Å²) in [6.45, 7) is 0.453. The van der Waals surface area contributed by atoms with Gasteiger partial charge in [-0.1, -0.05) is 48.5 Å². The van der Waals surface area contributed by atoms with Gasteiger partial charge in [-0.05, 0) is 69.8 Å². The second-order valence-corrected chi connectivity index (χ2v) is 9.50. The van der Waals surface area contributed by atoms with Gasteiger partial charge in [0.25, 0.3) is 11.1 Å². The van der Waals surface area contributed by atoms with Gasteiger partial charge in [-0.3, -0.25) is 14.5 Å². The summed E-state index contributed by atoms with van der Waals surface area (Å²) >= 11 is 3.07. The molecule has 34 heavy (non-hydrogen) atoms. The molecular weight excluding hydrogens is 563 g/mol. The van der Waals surface area contributed by atoms with Crippen LogP contribution in [0.3, 0.4) is 0 Å². The van der Waals surface area contributed by atoms with Gasteiger partial charge in [0.15, 0.2) is 11.5 Å². The maximum Gasteiger partial charge on any atom is 0.293 e. The summed E-state index contributed by atoms with van der Waals surface area (Å²) in [4.78, 5) is 27.0. The van der Waals surface area contributed by atoms with Crippen molar-refractivity contribution in [3.63, 3.8) is 0 Å². The van der Waals surface area contributed by atoms with Crippen LogP contribution in [0.25, 0.3) is 6.08 Å². The summed E-state index contributed by atoms with van der Waals surface area (Å²) in [5.41, 5.74) is 2.94. The monoisotopic (exact) mass is 582 g/mol. The number of carbonyl (C=O) groups is 2. The summed E-state index contributed by atoms with van der Waals surface area (Å²) in [5.74, 6) is 0.725. The number of carbonyl (C=O) groups excluding carboxylic acids is 2. The van der Waals surface area contributed by atoms with Crippen molar-refractivity contribution in [3.05, 3.63) is 97.5 Å². The number of halogens is 1. The molecule has 0 atom stereocenters. The summed E-state index contributed by atoms with van der Waals surface area (Å²) in [6.07, 6.45) is 1.69. The fourth-order valence-corrected chi connectivity index (χ4v) is 5.04. The first-order valence-electron chi connectivity index (χ1n) is 10.3. The predicted molar refractivity (Wildman–Crippen MR) is 139 cm³/mol. The number of hydrogen-bond acceptors (Lipinski definition) is 6. The van der Waals surface area contributed by atoms with Crippen LogP contribution in [0.1, 0.15) is 22.3 Å². The number of hydrogen-bond donors (Lipinski definition) is 0. The van der Waals surface area contributed by atoms with Crippen molar-refractivity contribution < 1.29 is 19.1 Å². The number of nitriles is 1. The standard InChI is InChI=1S/C26H19IN2O4S/c1-32-22-12-18(11-21(27)24(22)33-16-20-10-6-5-9-19(20)14-28)13-23-25(30)29(26(31)34-23)15-17-7-3-2-4-8-17/h2-13H,15-16H2,1H3/b23-13+. The van der Waals surface area contributed by atoms with Gasteiger partial charge in [0.05, 0.1) is 33.8 Å². The highest BCUT2D eigenvalue weighted by Crippen LogP contribution is 2.38. The van der Waals surface area contributed by atoms with Crippen molar-refractivity contribution in [1.29, 1.82) is 5.26 Å². The SMILES string of the molecule is COc1cc(/C=C2/SC(=O)N(Cc3ccccc3)C2=O)cc(I)c1OCc1ccccc1C#N. The molecule has 1 aliphatic rings. The van der Waals surface area contributed by atoms with Gasteiger partial charge in [0, 0.05) is 5.56 Å². The maximum absolute atomic E-state index is 12.9. The van der Waals surface area contributed by atoms with Crippen molar-refractivity contribution >= 4 is 51.6 Å². The van der Waals surface area contributed by atoms with E-state index in [-0.39, 0.29) is 24.3 Å². The minimum absolute atomic E-state index is 0.216. The summed E-state index contributed by atoms with van der Waals surface area (Å²) < 4.78 is 12.3. The second kappa shape index (κ2) is 10.8. The third kappa shape index (κ3) is 5.26. The molecule has 0 unspecified atom stereocenters. The van der Waals surface area contributed by atoms with Crippen LogP contribution in [0.5, 0.6) is 11.5 Å². The molecule has 4 rings (SSSR count). The number of benzene rings is 3. The van der Waals surface area contributed by atoms with Crippen LogP contribution >= 0.6 is 34.4 Å². The van der Waals surface area contributed by atoms with Crippen LogP contribution < -0.4 is 9.47 Å². The first-order valence-corrected chi connectivity index (χ1v) is 12.2. The Kier molecular flexibility index (Phi) is 7.55. The maximum atomic E-state index is 12.9. The third-order valence-electron chi connectivity index (χ3n) is 5.12. The number of thioether (sulfide) groups is 1. The van der Waals surface area contributed by atoms with E-state index in [2.05, 4.69) is 28.7 Å². The highest BCUT2D eigenvalue weighted by Gasteiger charge is 2.35. The number of methoxy groups -OCH3 is 1. The van der Waals surface area contributed by atoms with Crippen molar-refractivity contribution in [3.8, 4) is 17.6 Å². The molecule has 0 bridgehead atoms. The molecule has 1 aliphatic heterocycles. The van der Waals surface area contributed by atoms with Gasteiger partial charge in [-0.25, -0.2) is 0 Å². The van der Waals surface area contributed by atoms with E-state index in [1.165, 1.54) is 4.90 Å². The smallest absolute Gasteiger partial charge is 0.293 e. The third-order valence-corrected chi connectivity index (χ3v) is 6.83. The van der Waals surface area contributed by atoms with E-state index in [0.29, 0.717) is 22.0 Å². The number of amides is 2. The largest absolute Gasteiger partial charge is 0.493 e. The quantitative estimate of drug-likeness (QED) is 0.252. The number of rotatable bonds is 7. The highest BCUT2D eigenvalue weighted by atomic mass is 127. The molecule has 8 heteroatoms. The molecule has 0 aliphatic carbocycles. The van der Waals surface area contributed by atoms with Crippen molar-refractivity contribution in [1.82, 2.24) is 4.90 Å². The zero-order valence-electron chi connectivity index (χ0n) is 18.2. The van der Waals surface area contributed by atoms with Gasteiger partial charge in [-0.15, -0.1) is 0 Å². The van der Waals surface area contributed by atoms with Crippen LogP contribution in [-0.2, 0) is 17.9 Å². The Hall–Kier alpha value is -3.29. The topological polar surface area (TPSA) is 79.6 Å². The first kappa shape index (κ1) is 23.9. The normalized spacial score (nSPS) is 14.4. The van der Waals surface area contributed by atoms with Gasteiger partial charge >= 0.3 is 0 Å². The Balaban J connectivity index is 1.55. The molecule has 1 saturated heterocycles. The van der Waals surface area contributed by atoms with E-state index in [1.54, 1.807) is 25.3 Å². The van der Waals surface area contributed by atoms with Crippen molar-refractivity contribution in [2.45, 2.75) is 13.2 Å².